The lowest BCUT2D eigenvalue weighted by Gasteiger charge is -2.18. The molecule has 1 saturated carbocycles. The maximum absolute atomic E-state index is 13.8. The number of nitrogens with zero attached hydrogens (tertiary/aromatic N) is 1. The van der Waals surface area contributed by atoms with Gasteiger partial charge in [-0.2, -0.15) is 13.2 Å². The summed E-state index contributed by atoms with van der Waals surface area (Å²) in [5.41, 5.74) is 0.183. The van der Waals surface area contributed by atoms with Crippen LogP contribution in [0.25, 0.3) is 0 Å². The lowest BCUT2D eigenvalue weighted by atomic mass is 10.1. The summed E-state index contributed by atoms with van der Waals surface area (Å²) >= 11 is 0. The number of carbonyl (C=O) groups is 1. The first-order valence-electron chi connectivity index (χ1n) is 7.48. The highest BCUT2D eigenvalue weighted by Crippen LogP contribution is 2.49. The molecule has 0 aliphatic heterocycles. The van der Waals surface area contributed by atoms with Gasteiger partial charge in [-0.15, -0.1) is 0 Å². The number of alkyl halides is 3. The molecule has 3 rings (SSSR count). The van der Waals surface area contributed by atoms with Crippen molar-refractivity contribution in [3.05, 3.63) is 65.5 Å². The molecule has 0 heterocycles. The van der Waals surface area contributed by atoms with Crippen molar-refractivity contribution in [2.75, 3.05) is 11.9 Å². The Morgan fingerprint density at radius 2 is 1.71 bits per heavy atom. The lowest BCUT2D eigenvalue weighted by molar-refractivity contribution is -0.137. The van der Waals surface area contributed by atoms with E-state index in [1.807, 2.05) is 0 Å². The summed E-state index contributed by atoms with van der Waals surface area (Å²) in [5.74, 6) is -1.16. The zero-order chi connectivity index (χ0) is 17.5. The van der Waals surface area contributed by atoms with Gasteiger partial charge in [0.25, 0.3) is 0 Å². The Morgan fingerprint density at radius 3 is 2.29 bits per heavy atom. The number of amides is 1. The third-order valence-electron chi connectivity index (χ3n) is 4.32. The third kappa shape index (κ3) is 3.13. The average molecular weight is 337 g/mol. The Hall–Kier alpha value is -2.37. The normalized spacial score (nSPS) is 19.9. The van der Waals surface area contributed by atoms with Crippen LogP contribution in [0.1, 0.15) is 23.5 Å². The van der Waals surface area contributed by atoms with Crippen molar-refractivity contribution in [1.29, 1.82) is 0 Å². The molecule has 2 aromatic carbocycles. The molecule has 2 atom stereocenters. The Bertz CT molecular complexity index is 754. The molecule has 2 unspecified atom stereocenters. The molecule has 1 fully saturated rings. The Kier molecular flexibility index (Phi) is 4.07. The Labute approximate surface area is 136 Å². The number of anilines is 1. The van der Waals surface area contributed by atoms with Gasteiger partial charge in [0, 0.05) is 13.0 Å². The first-order chi connectivity index (χ1) is 11.3. The smallest absolute Gasteiger partial charge is 0.313 e. The molecule has 1 amide bonds. The summed E-state index contributed by atoms with van der Waals surface area (Å²) in [6.07, 6.45) is -3.81. The molecule has 0 N–H and O–H groups in total. The second-order valence-electron chi connectivity index (χ2n) is 5.92. The molecule has 0 aromatic heterocycles. The van der Waals surface area contributed by atoms with Gasteiger partial charge in [-0.05, 0) is 42.2 Å². The largest absolute Gasteiger partial charge is 0.416 e. The van der Waals surface area contributed by atoms with E-state index < -0.39 is 17.6 Å². The van der Waals surface area contributed by atoms with E-state index in [0.717, 1.165) is 12.1 Å². The van der Waals surface area contributed by atoms with Crippen molar-refractivity contribution < 1.29 is 22.4 Å². The molecule has 2 nitrogen and oxygen atoms in total. The van der Waals surface area contributed by atoms with E-state index >= 15 is 0 Å². The van der Waals surface area contributed by atoms with Crippen LogP contribution in [0.5, 0.6) is 0 Å². The number of carbonyl (C=O) groups excluding carboxylic acids is 1. The highest BCUT2D eigenvalue weighted by atomic mass is 19.4. The van der Waals surface area contributed by atoms with Crippen molar-refractivity contribution in [3.8, 4) is 0 Å². The predicted octanol–water partition coefficient (Wildman–Crippen LogP) is 4.61. The van der Waals surface area contributed by atoms with E-state index in [4.69, 9.17) is 0 Å². The summed E-state index contributed by atoms with van der Waals surface area (Å²) in [6.45, 7) is 0. The lowest BCUT2D eigenvalue weighted by Crippen LogP contribution is -2.29. The van der Waals surface area contributed by atoms with Crippen LogP contribution in [0, 0.1) is 11.7 Å². The van der Waals surface area contributed by atoms with Gasteiger partial charge in [0.05, 0.1) is 11.3 Å². The van der Waals surface area contributed by atoms with Crippen LogP contribution < -0.4 is 4.90 Å². The Morgan fingerprint density at radius 1 is 1.08 bits per heavy atom. The number of hydrogen-bond acceptors (Lipinski definition) is 1. The van der Waals surface area contributed by atoms with Crippen LogP contribution in [-0.4, -0.2) is 13.0 Å². The number of hydrogen-bond donors (Lipinski definition) is 0. The van der Waals surface area contributed by atoms with E-state index in [1.54, 1.807) is 12.1 Å². The zero-order valence-corrected chi connectivity index (χ0v) is 12.8. The number of para-hydroxylation sites is 1. The molecule has 1 aliphatic carbocycles. The minimum absolute atomic E-state index is 0.117. The number of halogens is 4. The molecule has 0 bridgehead atoms. The fraction of sp³-hybridized carbons (Fsp3) is 0.278. The van der Waals surface area contributed by atoms with Crippen molar-refractivity contribution in [2.24, 2.45) is 5.92 Å². The second kappa shape index (κ2) is 5.92. The first-order valence-corrected chi connectivity index (χ1v) is 7.48. The minimum atomic E-state index is -4.37. The van der Waals surface area contributed by atoms with Crippen molar-refractivity contribution in [3.63, 3.8) is 0 Å². The van der Waals surface area contributed by atoms with Gasteiger partial charge < -0.3 is 4.90 Å². The van der Waals surface area contributed by atoms with Gasteiger partial charge in [-0.1, -0.05) is 24.3 Å². The maximum Gasteiger partial charge on any atom is 0.416 e. The molecular formula is C18H15F4NO. The second-order valence-corrected chi connectivity index (χ2v) is 5.92. The van der Waals surface area contributed by atoms with E-state index in [0.29, 0.717) is 12.0 Å². The standard InChI is InChI=1S/C18H15F4NO/c1-23(16-5-3-2-4-15(16)19)17(24)14-10-13(14)11-6-8-12(9-7-11)18(20,21)22/h2-9,13-14H,10H2,1H3. The van der Waals surface area contributed by atoms with Crippen LogP contribution in [0.4, 0.5) is 23.2 Å². The summed E-state index contributed by atoms with van der Waals surface area (Å²) in [4.78, 5) is 13.7. The highest BCUT2D eigenvalue weighted by molar-refractivity contribution is 5.97. The monoisotopic (exact) mass is 337 g/mol. The summed E-state index contributed by atoms with van der Waals surface area (Å²) in [5, 5.41) is 0. The SMILES string of the molecule is CN(C(=O)C1CC1c1ccc(C(F)(F)F)cc1)c1ccccc1F. The minimum Gasteiger partial charge on any atom is -0.313 e. The van der Waals surface area contributed by atoms with Crippen LogP contribution in [-0.2, 0) is 11.0 Å². The van der Waals surface area contributed by atoms with Gasteiger partial charge in [0.15, 0.2) is 0 Å². The molecule has 0 saturated heterocycles. The summed E-state index contributed by atoms with van der Waals surface area (Å²) < 4.78 is 51.5. The van der Waals surface area contributed by atoms with Crippen molar-refractivity contribution >= 4 is 11.6 Å². The van der Waals surface area contributed by atoms with E-state index in [9.17, 15) is 22.4 Å². The van der Waals surface area contributed by atoms with E-state index in [2.05, 4.69) is 0 Å². The summed E-state index contributed by atoms with van der Waals surface area (Å²) in [6, 6.07) is 10.8. The molecule has 1 aliphatic rings. The molecule has 126 valence electrons. The molecule has 24 heavy (non-hydrogen) atoms. The molecule has 0 spiro atoms. The van der Waals surface area contributed by atoms with Crippen LogP contribution in [0.15, 0.2) is 48.5 Å². The highest BCUT2D eigenvalue weighted by Gasteiger charge is 2.45. The Balaban J connectivity index is 1.71. The maximum atomic E-state index is 13.8. The predicted molar refractivity (Wildman–Crippen MR) is 82.1 cm³/mol. The average Bonchev–Trinajstić information content (AvgIpc) is 3.34. The van der Waals surface area contributed by atoms with Crippen molar-refractivity contribution in [1.82, 2.24) is 0 Å². The van der Waals surface area contributed by atoms with E-state index in [-0.39, 0.29) is 23.4 Å². The zero-order valence-electron chi connectivity index (χ0n) is 12.8. The van der Waals surface area contributed by atoms with Gasteiger partial charge in [-0.25, -0.2) is 4.39 Å². The molecule has 0 radical (unpaired) electrons. The van der Waals surface area contributed by atoms with Gasteiger partial charge in [0.2, 0.25) is 5.91 Å². The topological polar surface area (TPSA) is 20.3 Å². The quantitative estimate of drug-likeness (QED) is 0.749. The van der Waals surface area contributed by atoms with Crippen LogP contribution >= 0.6 is 0 Å². The fourth-order valence-electron chi connectivity index (χ4n) is 2.85. The van der Waals surface area contributed by atoms with Gasteiger partial charge >= 0.3 is 6.18 Å². The summed E-state index contributed by atoms with van der Waals surface area (Å²) in [7, 11) is 1.50. The van der Waals surface area contributed by atoms with Crippen LogP contribution in [0.3, 0.4) is 0 Å². The molecule has 6 heteroatoms. The number of benzene rings is 2. The van der Waals surface area contributed by atoms with Gasteiger partial charge in [-0.3, -0.25) is 4.79 Å². The van der Waals surface area contributed by atoms with Gasteiger partial charge in [0.1, 0.15) is 5.82 Å². The van der Waals surface area contributed by atoms with Crippen LogP contribution in [0.2, 0.25) is 0 Å². The molecular weight excluding hydrogens is 322 g/mol. The third-order valence-corrected chi connectivity index (χ3v) is 4.32. The fourth-order valence-corrected chi connectivity index (χ4v) is 2.85. The molecule has 2 aromatic rings. The number of rotatable bonds is 3. The first kappa shape index (κ1) is 16.5. The van der Waals surface area contributed by atoms with Crippen molar-refractivity contribution in [2.45, 2.75) is 18.5 Å². The van der Waals surface area contributed by atoms with E-state index in [1.165, 1.54) is 36.2 Å².